The molecule has 3 heterocycles. The third-order valence-electron chi connectivity index (χ3n) is 5.34. The number of nitrogens with one attached hydrogen (secondary N) is 3. The lowest BCUT2D eigenvalue weighted by Crippen LogP contribution is -2.71. The Labute approximate surface area is 175 Å². The molecular formula is C21H19FN5O2S+. The van der Waals surface area contributed by atoms with Gasteiger partial charge in [-0.05, 0) is 41.4 Å². The zero-order chi connectivity index (χ0) is 20.9. The van der Waals surface area contributed by atoms with E-state index in [-0.39, 0.29) is 11.3 Å². The van der Waals surface area contributed by atoms with Gasteiger partial charge in [-0.3, -0.25) is 14.6 Å². The minimum Gasteiger partial charge on any atom is -0.317 e. The topological polar surface area (TPSA) is 90.8 Å². The lowest BCUT2D eigenvalue weighted by atomic mass is 9.95. The van der Waals surface area contributed by atoms with Crippen LogP contribution < -0.4 is 20.9 Å². The van der Waals surface area contributed by atoms with E-state index in [9.17, 15) is 14.0 Å². The summed E-state index contributed by atoms with van der Waals surface area (Å²) in [4.78, 5) is 29.3. The van der Waals surface area contributed by atoms with Gasteiger partial charge in [0.05, 0.1) is 22.5 Å². The Morgan fingerprint density at radius 2 is 2.00 bits per heavy atom. The number of carbonyl (C=O) groups excluding carboxylic acids is 1. The van der Waals surface area contributed by atoms with Crippen LogP contribution in [0.15, 0.2) is 52.4 Å². The van der Waals surface area contributed by atoms with Gasteiger partial charge >= 0.3 is 22.8 Å². The third kappa shape index (κ3) is 2.65. The van der Waals surface area contributed by atoms with Crippen LogP contribution in [0.3, 0.4) is 0 Å². The standard InChI is InChI=1S/C21H18FN5O2S/c1-2-3-10-30-20-24-18(28)17-13-6-4-5-7-15(13)25-21(27(17)26-20)14-11-12(22)8-9-16(14)23-19(21)29/h4-9,11H,2-3,10H2,1H3,(H2,23,24,26,28,29)/p+1/t21-/m1/s1. The van der Waals surface area contributed by atoms with E-state index in [0.29, 0.717) is 27.7 Å². The van der Waals surface area contributed by atoms with Crippen LogP contribution in [0, 0.1) is 5.82 Å². The fourth-order valence-corrected chi connectivity index (χ4v) is 4.85. The van der Waals surface area contributed by atoms with Crippen molar-refractivity contribution in [1.29, 1.82) is 0 Å². The maximum Gasteiger partial charge on any atom is 0.374 e. The first-order chi connectivity index (χ1) is 14.5. The summed E-state index contributed by atoms with van der Waals surface area (Å²) in [5.41, 5.74) is 0.425. The monoisotopic (exact) mass is 424 g/mol. The maximum atomic E-state index is 14.2. The van der Waals surface area contributed by atoms with Crippen LogP contribution in [0.5, 0.6) is 0 Å². The molecular weight excluding hydrogens is 405 g/mol. The van der Waals surface area contributed by atoms with E-state index >= 15 is 0 Å². The fraction of sp³-hybridized carbons (Fsp3) is 0.238. The minimum absolute atomic E-state index is 0.247. The number of carbonyl (C=O) groups is 1. The van der Waals surface area contributed by atoms with Crippen LogP contribution in [-0.2, 0) is 10.5 Å². The molecule has 1 aromatic heterocycles. The second-order valence-electron chi connectivity index (χ2n) is 7.25. The summed E-state index contributed by atoms with van der Waals surface area (Å²) in [7, 11) is 0. The second-order valence-corrected chi connectivity index (χ2v) is 8.33. The van der Waals surface area contributed by atoms with E-state index in [4.69, 9.17) is 0 Å². The molecule has 5 rings (SSSR count). The molecule has 7 nitrogen and oxygen atoms in total. The number of aromatic amines is 1. The zero-order valence-corrected chi connectivity index (χ0v) is 17.0. The summed E-state index contributed by atoms with van der Waals surface area (Å²) in [6.45, 7) is 2.09. The molecule has 9 heteroatoms. The summed E-state index contributed by atoms with van der Waals surface area (Å²) in [6.07, 6.45) is 1.99. The predicted molar refractivity (Wildman–Crippen MR) is 112 cm³/mol. The molecule has 0 saturated heterocycles. The van der Waals surface area contributed by atoms with E-state index in [1.807, 2.05) is 12.1 Å². The van der Waals surface area contributed by atoms with Crippen LogP contribution in [0.1, 0.15) is 25.3 Å². The molecule has 0 aliphatic carbocycles. The van der Waals surface area contributed by atoms with Gasteiger partial charge in [-0.15, -0.1) is 0 Å². The number of amides is 1. The molecule has 152 valence electrons. The van der Waals surface area contributed by atoms with E-state index in [2.05, 4.69) is 27.6 Å². The maximum absolute atomic E-state index is 14.2. The molecule has 0 radical (unpaired) electrons. The summed E-state index contributed by atoms with van der Waals surface area (Å²) in [5, 5.41) is 11.1. The van der Waals surface area contributed by atoms with E-state index in [1.54, 1.807) is 12.1 Å². The van der Waals surface area contributed by atoms with Crippen molar-refractivity contribution < 1.29 is 13.9 Å². The number of fused-ring (bicyclic) bond motifs is 6. The number of rotatable bonds is 4. The van der Waals surface area contributed by atoms with E-state index < -0.39 is 17.4 Å². The highest BCUT2D eigenvalue weighted by Gasteiger charge is 2.62. The summed E-state index contributed by atoms with van der Waals surface area (Å²) >= 11 is 1.42. The smallest absolute Gasteiger partial charge is 0.317 e. The number of anilines is 2. The Kier molecular flexibility index (Phi) is 4.35. The SMILES string of the molecule is CCCCSc1n[n+]2c(c(=O)[nH]1)-c1ccccc1N[C@@]21C(=O)Nc2ccc(F)cc21. The normalized spacial score (nSPS) is 18.4. The molecule has 0 bridgehead atoms. The van der Waals surface area contributed by atoms with Crippen molar-refractivity contribution >= 4 is 29.0 Å². The number of para-hydroxylation sites is 1. The average Bonchev–Trinajstić information content (AvgIpc) is 3.00. The van der Waals surface area contributed by atoms with Gasteiger partial charge in [0.1, 0.15) is 5.82 Å². The summed E-state index contributed by atoms with van der Waals surface area (Å²) < 4.78 is 15.6. The third-order valence-corrected chi connectivity index (χ3v) is 6.29. The molecule has 0 saturated carbocycles. The fourth-order valence-electron chi connectivity index (χ4n) is 3.92. The van der Waals surface area contributed by atoms with Crippen molar-refractivity contribution in [2.45, 2.75) is 30.6 Å². The molecule has 2 aliphatic rings. The van der Waals surface area contributed by atoms with Gasteiger partial charge in [-0.25, -0.2) is 4.39 Å². The van der Waals surface area contributed by atoms with Crippen LogP contribution in [0.25, 0.3) is 11.3 Å². The molecule has 0 unspecified atom stereocenters. The van der Waals surface area contributed by atoms with Gasteiger partial charge in [0, 0.05) is 10.9 Å². The molecule has 0 fully saturated rings. The Morgan fingerprint density at radius 3 is 2.83 bits per heavy atom. The average molecular weight is 424 g/mol. The first-order valence-electron chi connectivity index (χ1n) is 9.73. The van der Waals surface area contributed by atoms with Crippen molar-refractivity contribution in [3.63, 3.8) is 0 Å². The van der Waals surface area contributed by atoms with Gasteiger partial charge in [0.15, 0.2) is 0 Å². The van der Waals surface area contributed by atoms with Crippen molar-refractivity contribution in [3.05, 3.63) is 64.2 Å². The minimum atomic E-state index is -1.56. The Morgan fingerprint density at radius 1 is 1.17 bits per heavy atom. The Bertz CT molecular complexity index is 1240. The van der Waals surface area contributed by atoms with E-state index in [0.717, 1.165) is 18.6 Å². The molecule has 1 atom stereocenters. The summed E-state index contributed by atoms with van der Waals surface area (Å²) in [6, 6.07) is 11.3. The van der Waals surface area contributed by atoms with Crippen molar-refractivity contribution in [3.8, 4) is 11.3 Å². The van der Waals surface area contributed by atoms with E-state index in [1.165, 1.54) is 34.6 Å². The van der Waals surface area contributed by atoms with Crippen LogP contribution in [-0.4, -0.2) is 21.7 Å². The first kappa shape index (κ1) is 18.8. The van der Waals surface area contributed by atoms with Crippen molar-refractivity contribution in [1.82, 2.24) is 10.1 Å². The zero-order valence-electron chi connectivity index (χ0n) is 16.2. The number of halogens is 1. The molecule has 3 aromatic rings. The number of unbranched alkanes of at least 4 members (excludes halogenated alkanes) is 1. The molecule has 3 N–H and O–H groups in total. The van der Waals surface area contributed by atoms with Crippen molar-refractivity contribution in [2.24, 2.45) is 0 Å². The highest BCUT2D eigenvalue weighted by atomic mass is 32.2. The lowest BCUT2D eigenvalue weighted by Gasteiger charge is -2.28. The van der Waals surface area contributed by atoms with Gasteiger partial charge in [-0.2, -0.15) is 0 Å². The number of benzene rings is 2. The Hall–Kier alpha value is -3.20. The number of H-pyrrole nitrogens is 1. The van der Waals surface area contributed by atoms with Gasteiger partial charge in [0.25, 0.3) is 0 Å². The number of thioether (sulfide) groups is 1. The summed E-state index contributed by atoms with van der Waals surface area (Å²) in [5.74, 6) is -0.117. The lowest BCUT2D eigenvalue weighted by molar-refractivity contribution is -0.781. The highest BCUT2D eigenvalue weighted by Crippen LogP contribution is 2.41. The second kappa shape index (κ2) is 6.94. The van der Waals surface area contributed by atoms with Crippen LogP contribution >= 0.6 is 11.8 Å². The van der Waals surface area contributed by atoms with Crippen LogP contribution in [0.4, 0.5) is 15.8 Å². The number of hydrogen-bond donors (Lipinski definition) is 3. The molecule has 1 spiro atoms. The van der Waals surface area contributed by atoms with Gasteiger partial charge < -0.3 is 10.6 Å². The highest BCUT2D eigenvalue weighted by molar-refractivity contribution is 7.99. The largest absolute Gasteiger partial charge is 0.374 e. The number of aromatic nitrogens is 3. The molecule has 1 amide bonds. The number of nitrogens with zero attached hydrogens (tertiary/aromatic N) is 2. The quantitative estimate of drug-likeness (QED) is 0.340. The predicted octanol–water partition coefficient (Wildman–Crippen LogP) is 2.83. The first-order valence-corrected chi connectivity index (χ1v) is 10.7. The molecule has 2 aliphatic heterocycles. The van der Waals surface area contributed by atoms with Crippen LogP contribution in [0.2, 0.25) is 0 Å². The Balaban J connectivity index is 1.80. The van der Waals surface area contributed by atoms with Gasteiger partial charge in [0.2, 0.25) is 5.16 Å². The number of hydrogen-bond acceptors (Lipinski definition) is 5. The molecule has 30 heavy (non-hydrogen) atoms. The molecule has 2 aromatic carbocycles. The van der Waals surface area contributed by atoms with Gasteiger partial charge in [-0.1, -0.05) is 37.2 Å². The van der Waals surface area contributed by atoms with Crippen molar-refractivity contribution in [2.75, 3.05) is 16.4 Å².